The molecule has 0 saturated heterocycles. The Morgan fingerprint density at radius 1 is 1.00 bits per heavy atom. The number of esters is 1. The van der Waals surface area contributed by atoms with Crippen LogP contribution in [0.25, 0.3) is 0 Å². The van der Waals surface area contributed by atoms with Crippen LogP contribution in [0.2, 0.25) is 0 Å². The highest BCUT2D eigenvalue weighted by Gasteiger charge is 2.12. The smallest absolute Gasteiger partial charge is 0.343 e. The number of aromatic hydroxyl groups is 1. The van der Waals surface area contributed by atoms with Crippen LogP contribution < -0.4 is 14.9 Å². The molecule has 3 aromatic rings. The van der Waals surface area contributed by atoms with E-state index in [0.717, 1.165) is 4.47 Å². The first-order chi connectivity index (χ1) is 14.5. The van der Waals surface area contributed by atoms with E-state index in [1.165, 1.54) is 30.5 Å². The summed E-state index contributed by atoms with van der Waals surface area (Å²) in [7, 11) is 1.54. The van der Waals surface area contributed by atoms with Gasteiger partial charge in [0.15, 0.2) is 0 Å². The highest BCUT2D eigenvalue weighted by atomic mass is 79.9. The Morgan fingerprint density at radius 3 is 2.33 bits per heavy atom. The molecule has 0 atom stereocenters. The zero-order valence-electron chi connectivity index (χ0n) is 15.8. The Morgan fingerprint density at radius 2 is 1.67 bits per heavy atom. The average Bonchev–Trinajstić information content (AvgIpc) is 2.76. The standard InChI is InChI=1S/C22H17BrN2O5/c1-29-19-9-4-15(5-10-19)22(28)30-20-11-6-17(23)12-16(20)13-24-25-21(27)14-2-7-18(26)8-3-14/h2-13,26H,1H3,(H,25,27)/b24-13+. The predicted molar refractivity (Wildman–Crippen MR) is 115 cm³/mol. The van der Waals surface area contributed by atoms with Gasteiger partial charge in [-0.1, -0.05) is 15.9 Å². The van der Waals surface area contributed by atoms with Crippen LogP contribution >= 0.6 is 15.9 Å². The number of hydrogen-bond donors (Lipinski definition) is 2. The Labute approximate surface area is 181 Å². The van der Waals surface area contributed by atoms with E-state index in [2.05, 4.69) is 26.5 Å². The maximum absolute atomic E-state index is 12.4. The summed E-state index contributed by atoms with van der Waals surface area (Å²) in [6, 6.07) is 17.3. The van der Waals surface area contributed by atoms with Crippen molar-refractivity contribution < 1.29 is 24.2 Å². The minimum atomic E-state index is -0.539. The van der Waals surface area contributed by atoms with Crippen molar-refractivity contribution >= 4 is 34.0 Å². The molecule has 1 amide bonds. The van der Waals surface area contributed by atoms with E-state index in [-0.39, 0.29) is 11.5 Å². The van der Waals surface area contributed by atoms with Gasteiger partial charge in [-0.15, -0.1) is 0 Å². The topological polar surface area (TPSA) is 97.2 Å². The summed E-state index contributed by atoms with van der Waals surface area (Å²) in [4.78, 5) is 24.5. The molecule has 152 valence electrons. The van der Waals surface area contributed by atoms with Gasteiger partial charge in [0.1, 0.15) is 17.2 Å². The number of carbonyl (C=O) groups excluding carboxylic acids is 2. The second-order valence-corrected chi connectivity index (χ2v) is 6.96. The quantitative estimate of drug-likeness (QED) is 0.245. The summed E-state index contributed by atoms with van der Waals surface area (Å²) in [5.41, 5.74) is 3.58. The van der Waals surface area contributed by atoms with Crippen molar-refractivity contribution in [3.63, 3.8) is 0 Å². The molecule has 0 heterocycles. The number of benzene rings is 3. The van der Waals surface area contributed by atoms with Crippen LogP contribution in [0.15, 0.2) is 76.3 Å². The molecule has 0 aliphatic heterocycles. The Balaban J connectivity index is 1.72. The highest BCUT2D eigenvalue weighted by Crippen LogP contribution is 2.23. The van der Waals surface area contributed by atoms with Gasteiger partial charge in [-0.2, -0.15) is 5.10 Å². The van der Waals surface area contributed by atoms with Gasteiger partial charge >= 0.3 is 5.97 Å². The van der Waals surface area contributed by atoms with Crippen LogP contribution in [0.1, 0.15) is 26.3 Å². The molecule has 0 aliphatic carbocycles. The maximum Gasteiger partial charge on any atom is 0.343 e. The summed E-state index contributed by atoms with van der Waals surface area (Å²) in [6.07, 6.45) is 1.37. The molecule has 3 rings (SSSR count). The van der Waals surface area contributed by atoms with E-state index in [9.17, 15) is 14.7 Å². The number of phenolic OH excluding ortho intramolecular Hbond substituents is 1. The lowest BCUT2D eigenvalue weighted by atomic mass is 10.2. The third-order valence-electron chi connectivity index (χ3n) is 4.00. The van der Waals surface area contributed by atoms with Crippen molar-refractivity contribution in [2.45, 2.75) is 0 Å². The van der Waals surface area contributed by atoms with Gasteiger partial charge in [-0.05, 0) is 66.7 Å². The first-order valence-electron chi connectivity index (χ1n) is 8.74. The third kappa shape index (κ3) is 5.45. The van der Waals surface area contributed by atoms with Crippen LogP contribution in [0, 0.1) is 0 Å². The number of nitrogens with zero attached hydrogens (tertiary/aromatic N) is 1. The van der Waals surface area contributed by atoms with Gasteiger partial charge in [0.25, 0.3) is 5.91 Å². The third-order valence-corrected chi connectivity index (χ3v) is 4.49. The number of hydrazone groups is 1. The van der Waals surface area contributed by atoms with Gasteiger partial charge in [0, 0.05) is 15.6 Å². The first-order valence-corrected chi connectivity index (χ1v) is 9.54. The largest absolute Gasteiger partial charge is 0.508 e. The molecule has 3 aromatic carbocycles. The number of hydrogen-bond acceptors (Lipinski definition) is 6. The van der Waals surface area contributed by atoms with Gasteiger partial charge in [-0.3, -0.25) is 4.79 Å². The lowest BCUT2D eigenvalue weighted by molar-refractivity contribution is 0.0734. The Kier molecular flexibility index (Phi) is 6.82. The number of amides is 1. The van der Waals surface area contributed by atoms with Crippen LogP contribution in [0.5, 0.6) is 17.2 Å². The SMILES string of the molecule is COc1ccc(C(=O)Oc2ccc(Br)cc2/C=N/NC(=O)c2ccc(O)cc2)cc1. The Hall–Kier alpha value is -3.65. The van der Waals surface area contributed by atoms with Gasteiger partial charge in [0.05, 0.1) is 18.9 Å². The maximum atomic E-state index is 12.4. The molecule has 0 aromatic heterocycles. The Bertz CT molecular complexity index is 1080. The van der Waals surface area contributed by atoms with Crippen molar-refractivity contribution in [1.29, 1.82) is 0 Å². The van der Waals surface area contributed by atoms with Gasteiger partial charge in [-0.25, -0.2) is 10.2 Å². The van der Waals surface area contributed by atoms with Crippen molar-refractivity contribution in [2.24, 2.45) is 5.10 Å². The molecular formula is C22H17BrN2O5. The zero-order chi connectivity index (χ0) is 21.5. The van der Waals surface area contributed by atoms with Crippen molar-refractivity contribution in [2.75, 3.05) is 7.11 Å². The van der Waals surface area contributed by atoms with Crippen LogP contribution in [0.3, 0.4) is 0 Å². The molecule has 0 unspecified atom stereocenters. The summed E-state index contributed by atoms with van der Waals surface area (Å²) in [5.74, 6) is -0.0117. The van der Waals surface area contributed by atoms with Crippen LogP contribution in [-0.4, -0.2) is 30.3 Å². The fourth-order valence-electron chi connectivity index (χ4n) is 2.44. The fraction of sp³-hybridized carbons (Fsp3) is 0.0455. The monoisotopic (exact) mass is 468 g/mol. The number of halogens is 1. The minimum Gasteiger partial charge on any atom is -0.508 e. The predicted octanol–water partition coefficient (Wildman–Crippen LogP) is 4.15. The molecule has 7 nitrogen and oxygen atoms in total. The minimum absolute atomic E-state index is 0.0625. The number of methoxy groups -OCH3 is 1. The summed E-state index contributed by atoms with van der Waals surface area (Å²) in [6.45, 7) is 0. The second kappa shape index (κ2) is 9.71. The lowest BCUT2D eigenvalue weighted by Crippen LogP contribution is -2.17. The van der Waals surface area contributed by atoms with Gasteiger partial charge in [0.2, 0.25) is 0 Å². The molecule has 2 N–H and O–H groups in total. The molecule has 8 heteroatoms. The van der Waals surface area contributed by atoms with E-state index < -0.39 is 11.9 Å². The van der Waals surface area contributed by atoms with E-state index in [1.807, 2.05) is 0 Å². The highest BCUT2D eigenvalue weighted by molar-refractivity contribution is 9.10. The number of rotatable bonds is 6. The first kappa shape index (κ1) is 21.1. The average molecular weight is 469 g/mol. The number of nitrogens with one attached hydrogen (secondary N) is 1. The fourth-order valence-corrected chi connectivity index (χ4v) is 2.82. The summed E-state index contributed by atoms with van der Waals surface area (Å²) in [5, 5.41) is 13.2. The van der Waals surface area contributed by atoms with Gasteiger partial charge < -0.3 is 14.6 Å². The van der Waals surface area contributed by atoms with Crippen LogP contribution in [-0.2, 0) is 0 Å². The molecule has 0 spiro atoms. The second-order valence-electron chi connectivity index (χ2n) is 6.05. The normalized spacial score (nSPS) is 10.6. The van der Waals surface area contributed by atoms with E-state index in [4.69, 9.17) is 9.47 Å². The number of ether oxygens (including phenoxy) is 2. The van der Waals surface area contributed by atoms with Crippen molar-refractivity contribution in [1.82, 2.24) is 5.43 Å². The van der Waals surface area contributed by atoms with Crippen molar-refractivity contribution in [3.05, 3.63) is 87.9 Å². The molecule has 0 aliphatic rings. The van der Waals surface area contributed by atoms with E-state index in [1.54, 1.807) is 49.6 Å². The number of phenols is 1. The molecule has 0 bridgehead atoms. The molecule has 0 fully saturated rings. The molecular weight excluding hydrogens is 452 g/mol. The number of carbonyl (C=O) groups is 2. The lowest BCUT2D eigenvalue weighted by Gasteiger charge is -2.08. The summed E-state index contributed by atoms with van der Waals surface area (Å²) >= 11 is 3.36. The van der Waals surface area contributed by atoms with Crippen LogP contribution in [0.4, 0.5) is 0 Å². The summed E-state index contributed by atoms with van der Waals surface area (Å²) < 4.78 is 11.3. The van der Waals surface area contributed by atoms with Crippen molar-refractivity contribution in [3.8, 4) is 17.2 Å². The molecule has 30 heavy (non-hydrogen) atoms. The molecule has 0 radical (unpaired) electrons. The molecule has 0 saturated carbocycles. The zero-order valence-corrected chi connectivity index (χ0v) is 17.4. The van der Waals surface area contributed by atoms with E-state index in [0.29, 0.717) is 22.4 Å². The van der Waals surface area contributed by atoms with E-state index >= 15 is 0 Å².